The van der Waals surface area contributed by atoms with Crippen LogP contribution >= 0.6 is 0 Å². The zero-order valence-corrected chi connectivity index (χ0v) is 25.8. The molecule has 0 aromatic carbocycles. The lowest BCUT2D eigenvalue weighted by molar-refractivity contribution is -0.120. The molecule has 5 N–H and O–H groups in total. The number of hydrogen-bond donors (Lipinski definition) is 4. The molecule has 1 fully saturated rings. The number of aliphatic hydroxyl groups is 1. The van der Waals surface area contributed by atoms with E-state index in [1.165, 1.54) is 26.4 Å². The molecule has 6 atom stereocenters. The molecule has 2 bridgehead atoms. The van der Waals surface area contributed by atoms with Crippen LogP contribution in [0.4, 0.5) is 4.79 Å². The van der Waals surface area contributed by atoms with E-state index in [1.54, 1.807) is 32.1 Å². The molecule has 1 saturated carbocycles. The molecule has 3 aliphatic rings. The molecule has 43 heavy (non-hydrogen) atoms. The molecule has 0 saturated heterocycles. The van der Waals surface area contributed by atoms with E-state index in [0.29, 0.717) is 30.0 Å². The summed E-state index contributed by atoms with van der Waals surface area (Å²) in [5.74, 6) is -1.47. The third kappa shape index (κ3) is 9.22. The first-order valence-corrected chi connectivity index (χ1v) is 14.7. The third-order valence-corrected chi connectivity index (χ3v) is 8.06. The maximum Gasteiger partial charge on any atom is 0.405 e. The van der Waals surface area contributed by atoms with Crippen molar-refractivity contribution < 1.29 is 38.5 Å². The van der Waals surface area contributed by atoms with Crippen molar-refractivity contribution in [2.75, 3.05) is 20.8 Å². The first kappa shape index (κ1) is 34.0. The molecule has 2 amide bonds. The summed E-state index contributed by atoms with van der Waals surface area (Å²) in [5.41, 5.74) is 6.69. The molecule has 11 heteroatoms. The zero-order chi connectivity index (χ0) is 31.8. The Kier molecular flexibility index (Phi) is 12.1. The van der Waals surface area contributed by atoms with Gasteiger partial charge in [0.25, 0.3) is 5.91 Å². The van der Waals surface area contributed by atoms with Crippen molar-refractivity contribution in [3.63, 3.8) is 0 Å². The smallest absolute Gasteiger partial charge is 0.405 e. The van der Waals surface area contributed by atoms with Gasteiger partial charge in [-0.3, -0.25) is 14.4 Å². The number of carbonyl (C=O) groups excluding carboxylic acids is 4. The summed E-state index contributed by atoms with van der Waals surface area (Å²) in [6, 6.07) is 0. The maximum absolute atomic E-state index is 13.7. The van der Waals surface area contributed by atoms with Crippen molar-refractivity contribution in [1.82, 2.24) is 10.6 Å². The number of hydrogen-bond acceptors (Lipinski definition) is 9. The molecule has 1 heterocycles. The summed E-state index contributed by atoms with van der Waals surface area (Å²) >= 11 is 0. The first-order valence-electron chi connectivity index (χ1n) is 14.7. The Morgan fingerprint density at radius 2 is 1.84 bits per heavy atom. The standard InChI is InChI=1S/C32H45N3O8/c1-17-12-22-27(34-16-21-10-11-21)24(36)15-23(29(22)38)35-31(39)18(2)8-7-9-25(41-5)30(43-32(33)40)20(4)14-19(3)28(37)26(13-17)42-6/h7-9,14-15,17,19,21,25-26,28,30,34,37H,10-13,16H2,1-6H3,(H2,33,40)(H,35,39)/b9-7-,18-8+,20-14+/t17?,19-,25?,26?,28+,30?/m0/s1. The summed E-state index contributed by atoms with van der Waals surface area (Å²) in [5, 5.41) is 17.1. The van der Waals surface area contributed by atoms with Gasteiger partial charge in [-0.2, -0.15) is 0 Å². The van der Waals surface area contributed by atoms with Crippen LogP contribution in [0.25, 0.3) is 0 Å². The molecule has 1 aliphatic heterocycles. The third-order valence-electron chi connectivity index (χ3n) is 8.06. The van der Waals surface area contributed by atoms with Gasteiger partial charge in [0.1, 0.15) is 6.10 Å². The SMILES string of the molecule is COC1/C=C\C=C(/C)C(=O)NC2=CC(=O)C(NCC3CC3)=C(CC(C)CC(OC)[C@H](O)[C@@H](C)/C=C(\C)C1OC(N)=O)C2=O. The van der Waals surface area contributed by atoms with Crippen molar-refractivity contribution in [3.05, 3.63) is 58.5 Å². The van der Waals surface area contributed by atoms with E-state index in [-0.39, 0.29) is 35.1 Å². The minimum Gasteiger partial charge on any atom is -0.439 e. The predicted octanol–water partition coefficient (Wildman–Crippen LogP) is 2.76. The fourth-order valence-corrected chi connectivity index (χ4v) is 5.35. The number of nitrogens with two attached hydrogens (primary N) is 1. The van der Waals surface area contributed by atoms with Crippen LogP contribution in [-0.4, -0.2) is 73.9 Å². The molecule has 0 spiro atoms. The lowest BCUT2D eigenvalue weighted by Gasteiger charge is -2.30. The predicted molar refractivity (Wildman–Crippen MR) is 160 cm³/mol. The minimum atomic E-state index is -0.992. The highest BCUT2D eigenvalue weighted by Gasteiger charge is 2.34. The van der Waals surface area contributed by atoms with Gasteiger partial charge in [0, 0.05) is 43.9 Å². The topological polar surface area (TPSA) is 166 Å². The van der Waals surface area contributed by atoms with E-state index in [9.17, 15) is 24.3 Å². The van der Waals surface area contributed by atoms with Gasteiger partial charge in [-0.15, -0.1) is 0 Å². The number of allylic oxidation sites excluding steroid dienone is 4. The van der Waals surface area contributed by atoms with Gasteiger partial charge in [0.15, 0.2) is 6.10 Å². The van der Waals surface area contributed by atoms with E-state index < -0.39 is 48.1 Å². The number of ether oxygens (including phenoxy) is 3. The number of nitrogens with one attached hydrogen (secondary N) is 2. The second kappa shape index (κ2) is 15.3. The first-order chi connectivity index (χ1) is 20.4. The Balaban J connectivity index is 2.04. The van der Waals surface area contributed by atoms with Crippen LogP contribution in [0.3, 0.4) is 0 Å². The molecule has 0 aromatic heterocycles. The molecule has 0 aromatic rings. The lowest BCUT2D eigenvalue weighted by Crippen LogP contribution is -2.38. The Labute approximate surface area is 253 Å². The molecular weight excluding hydrogens is 554 g/mol. The number of Topliss-reactive ketones (excluding diaryl/α,β-unsaturated/α-hetero) is 1. The maximum atomic E-state index is 13.7. The lowest BCUT2D eigenvalue weighted by atomic mass is 9.85. The largest absolute Gasteiger partial charge is 0.439 e. The van der Waals surface area contributed by atoms with Crippen molar-refractivity contribution in [3.8, 4) is 0 Å². The minimum absolute atomic E-state index is 0.0923. The van der Waals surface area contributed by atoms with Gasteiger partial charge >= 0.3 is 6.09 Å². The number of aliphatic hydroxyl groups excluding tert-OH is 1. The van der Waals surface area contributed by atoms with Gasteiger partial charge in [-0.1, -0.05) is 38.2 Å². The van der Waals surface area contributed by atoms with Gasteiger partial charge in [-0.05, 0) is 56.9 Å². The molecule has 236 valence electrons. The number of carbonyl (C=O) groups is 4. The summed E-state index contributed by atoms with van der Waals surface area (Å²) in [6.45, 7) is 7.65. The van der Waals surface area contributed by atoms with E-state index in [0.717, 1.165) is 12.8 Å². The second-order valence-corrected chi connectivity index (χ2v) is 11.8. The summed E-state index contributed by atoms with van der Waals surface area (Å²) in [7, 11) is 2.95. The Bertz CT molecular complexity index is 1240. The van der Waals surface area contributed by atoms with Gasteiger partial charge in [0.05, 0.1) is 23.6 Å². The van der Waals surface area contributed by atoms with Crippen LogP contribution < -0.4 is 16.4 Å². The number of fused-ring (bicyclic) bond motifs is 2. The van der Waals surface area contributed by atoms with Crippen LogP contribution in [0, 0.1) is 17.8 Å². The molecular formula is C32H45N3O8. The van der Waals surface area contributed by atoms with E-state index in [2.05, 4.69) is 10.6 Å². The van der Waals surface area contributed by atoms with Crippen molar-refractivity contribution in [2.24, 2.45) is 23.5 Å². The highest BCUT2D eigenvalue weighted by Crippen LogP contribution is 2.31. The fraction of sp³-hybridized carbons (Fsp3) is 0.562. The Morgan fingerprint density at radius 1 is 1.14 bits per heavy atom. The van der Waals surface area contributed by atoms with Crippen molar-refractivity contribution in [2.45, 2.75) is 77.8 Å². The molecule has 0 radical (unpaired) electrons. The van der Waals surface area contributed by atoms with Crippen molar-refractivity contribution >= 4 is 23.6 Å². The summed E-state index contributed by atoms with van der Waals surface area (Å²) in [6.07, 6.45) is 6.18. The summed E-state index contributed by atoms with van der Waals surface area (Å²) in [4.78, 5) is 51.6. The van der Waals surface area contributed by atoms with Crippen molar-refractivity contribution in [1.29, 1.82) is 0 Å². The normalized spacial score (nSPS) is 33.0. The Hall–Kier alpha value is -3.54. The van der Waals surface area contributed by atoms with Gasteiger partial charge < -0.3 is 35.7 Å². The number of ketones is 2. The van der Waals surface area contributed by atoms with Crippen LogP contribution in [0.2, 0.25) is 0 Å². The van der Waals surface area contributed by atoms with Crippen LogP contribution in [0.15, 0.2) is 58.5 Å². The van der Waals surface area contributed by atoms with E-state index >= 15 is 0 Å². The quantitative estimate of drug-likeness (QED) is 0.265. The fourth-order valence-electron chi connectivity index (χ4n) is 5.35. The number of amides is 2. The molecule has 3 rings (SSSR count). The zero-order valence-electron chi connectivity index (χ0n) is 25.8. The highest BCUT2D eigenvalue weighted by molar-refractivity contribution is 6.23. The average Bonchev–Trinajstić information content (AvgIpc) is 3.78. The number of primary amides is 1. The van der Waals surface area contributed by atoms with Crippen LogP contribution in [0.1, 0.15) is 53.4 Å². The average molecular weight is 600 g/mol. The van der Waals surface area contributed by atoms with Gasteiger partial charge in [0.2, 0.25) is 11.6 Å². The monoisotopic (exact) mass is 599 g/mol. The molecule has 4 unspecified atom stereocenters. The van der Waals surface area contributed by atoms with E-state index in [4.69, 9.17) is 19.9 Å². The number of rotatable bonds is 6. The van der Waals surface area contributed by atoms with Crippen LogP contribution in [-0.2, 0) is 28.6 Å². The number of methoxy groups -OCH3 is 2. The van der Waals surface area contributed by atoms with Crippen LogP contribution in [0.5, 0.6) is 0 Å². The van der Waals surface area contributed by atoms with Gasteiger partial charge in [-0.25, -0.2) is 4.79 Å². The second-order valence-electron chi connectivity index (χ2n) is 11.8. The van der Waals surface area contributed by atoms with E-state index in [1.807, 2.05) is 13.8 Å². The Morgan fingerprint density at radius 3 is 2.44 bits per heavy atom. The highest BCUT2D eigenvalue weighted by atomic mass is 16.6. The summed E-state index contributed by atoms with van der Waals surface area (Å²) < 4.78 is 16.6. The molecule has 2 aliphatic carbocycles. The molecule has 11 nitrogen and oxygen atoms in total.